The average molecular weight is 822 g/mol. The Morgan fingerprint density at radius 2 is 1.23 bits per heavy atom. The van der Waals surface area contributed by atoms with E-state index < -0.39 is 0 Å². The van der Waals surface area contributed by atoms with Gasteiger partial charge in [0.25, 0.3) is 0 Å². The Morgan fingerprint density at radius 1 is 0.531 bits per heavy atom. The van der Waals surface area contributed by atoms with Crippen LogP contribution in [0.5, 0.6) is 0 Å². The number of aromatic nitrogens is 1. The summed E-state index contributed by atoms with van der Waals surface area (Å²) in [7, 11) is 0. The molecule has 2 aliphatic heterocycles. The minimum absolute atomic E-state index is 0.122. The number of nitrogens with zero attached hydrogens (tertiary/aromatic N) is 3. The molecule has 0 atom stereocenters. The lowest BCUT2D eigenvalue weighted by Crippen LogP contribution is -2.56. The van der Waals surface area contributed by atoms with Crippen molar-refractivity contribution in [2.24, 2.45) is 0 Å². The number of furan rings is 1. The Bertz CT molecular complexity index is 3640. The second-order valence-corrected chi connectivity index (χ2v) is 17.5. The molecular formula is C59H44BN3O. The number of aryl methyl sites for hydroxylation is 2. The third-order valence-electron chi connectivity index (χ3n) is 13.9. The maximum atomic E-state index is 6.90. The SMILES string of the molecule is CCCCc1ccc(N(c2ccccc2)c2ccc3c(c2)B2c4c(cc(-c5ccccc5C)cc4N3c3cccc4c3oc3ccccc34)-c3cccc4c5ccccc5n2c34)cc1. The highest BCUT2D eigenvalue weighted by atomic mass is 16.3. The fourth-order valence-corrected chi connectivity index (χ4v) is 11.0. The average Bonchev–Trinajstić information content (AvgIpc) is 3.90. The molecule has 0 bridgehead atoms. The van der Waals surface area contributed by atoms with Gasteiger partial charge < -0.3 is 18.7 Å². The van der Waals surface area contributed by atoms with Crippen molar-refractivity contribution in [2.75, 3.05) is 9.80 Å². The summed E-state index contributed by atoms with van der Waals surface area (Å²) in [6.45, 7) is 4.36. The predicted molar refractivity (Wildman–Crippen MR) is 271 cm³/mol. The molecule has 4 heterocycles. The lowest BCUT2D eigenvalue weighted by Gasteiger charge is -2.41. The normalized spacial score (nSPS) is 12.7. The van der Waals surface area contributed by atoms with Gasteiger partial charge in [-0.2, -0.15) is 0 Å². The van der Waals surface area contributed by atoms with Gasteiger partial charge in [0.2, 0.25) is 0 Å². The summed E-state index contributed by atoms with van der Waals surface area (Å²) in [4.78, 5) is 4.93. The second-order valence-electron chi connectivity index (χ2n) is 17.5. The lowest BCUT2D eigenvalue weighted by atomic mass is 9.45. The molecule has 2 aromatic heterocycles. The first-order valence-electron chi connectivity index (χ1n) is 22.7. The van der Waals surface area contributed by atoms with Gasteiger partial charge in [0.05, 0.1) is 5.69 Å². The van der Waals surface area contributed by atoms with E-state index in [9.17, 15) is 0 Å². The van der Waals surface area contributed by atoms with Crippen LogP contribution in [0.4, 0.5) is 34.1 Å². The molecule has 11 aromatic rings. The quantitative estimate of drug-likeness (QED) is 0.143. The van der Waals surface area contributed by atoms with Gasteiger partial charge in [-0.15, -0.1) is 0 Å². The van der Waals surface area contributed by atoms with Crippen molar-refractivity contribution in [3.8, 4) is 22.3 Å². The Morgan fingerprint density at radius 3 is 2.09 bits per heavy atom. The van der Waals surface area contributed by atoms with Crippen LogP contribution in [0.25, 0.3) is 66.0 Å². The number of unbranched alkanes of at least 4 members (excludes halogenated alkanes) is 1. The largest absolute Gasteiger partial charge is 0.454 e. The number of hydrogen-bond donors (Lipinski definition) is 0. The number of anilines is 6. The van der Waals surface area contributed by atoms with Crippen molar-refractivity contribution in [3.05, 3.63) is 205 Å². The zero-order chi connectivity index (χ0) is 42.5. The zero-order valence-electron chi connectivity index (χ0n) is 35.9. The Kier molecular flexibility index (Phi) is 8.29. The minimum atomic E-state index is -0.122. The number of para-hydroxylation sites is 5. The van der Waals surface area contributed by atoms with Gasteiger partial charge in [-0.1, -0.05) is 135 Å². The van der Waals surface area contributed by atoms with Crippen molar-refractivity contribution in [1.82, 2.24) is 4.48 Å². The molecule has 0 spiro atoms. The summed E-state index contributed by atoms with van der Waals surface area (Å²) in [5.41, 5.74) is 21.1. The monoisotopic (exact) mass is 821 g/mol. The van der Waals surface area contributed by atoms with Crippen LogP contribution in [0.1, 0.15) is 30.9 Å². The molecule has 304 valence electrons. The molecule has 2 aliphatic rings. The summed E-state index contributed by atoms with van der Waals surface area (Å²) in [5.74, 6) is 0. The number of hydrogen-bond acceptors (Lipinski definition) is 3. The van der Waals surface area contributed by atoms with Gasteiger partial charge in [0, 0.05) is 66.6 Å². The maximum Gasteiger partial charge on any atom is 0.333 e. The van der Waals surface area contributed by atoms with Crippen LogP contribution in [0.15, 0.2) is 199 Å². The molecule has 0 amide bonds. The van der Waals surface area contributed by atoms with Crippen LogP contribution in [-0.2, 0) is 6.42 Å². The van der Waals surface area contributed by atoms with Gasteiger partial charge in [-0.3, -0.25) is 0 Å². The van der Waals surface area contributed by atoms with E-state index >= 15 is 0 Å². The first-order valence-corrected chi connectivity index (χ1v) is 22.7. The van der Waals surface area contributed by atoms with Crippen molar-refractivity contribution in [2.45, 2.75) is 33.1 Å². The van der Waals surface area contributed by atoms with E-state index in [0.29, 0.717) is 0 Å². The van der Waals surface area contributed by atoms with Crippen molar-refractivity contribution >= 4 is 95.6 Å². The van der Waals surface area contributed by atoms with Crippen molar-refractivity contribution in [1.29, 1.82) is 0 Å². The first kappa shape index (κ1) is 36.9. The summed E-state index contributed by atoms with van der Waals surface area (Å²) in [6, 6.07) is 71.8. The lowest BCUT2D eigenvalue weighted by molar-refractivity contribution is 0.669. The van der Waals surface area contributed by atoms with Crippen LogP contribution in [0.2, 0.25) is 0 Å². The fourth-order valence-electron chi connectivity index (χ4n) is 11.0. The van der Waals surface area contributed by atoms with Crippen molar-refractivity contribution < 1.29 is 4.42 Å². The molecule has 5 heteroatoms. The third kappa shape index (κ3) is 5.43. The van der Waals surface area contributed by atoms with Gasteiger partial charge >= 0.3 is 6.85 Å². The fraction of sp³-hybridized carbons (Fsp3) is 0.0847. The highest BCUT2D eigenvalue weighted by Gasteiger charge is 2.44. The number of fused-ring (bicyclic) bond motifs is 10. The predicted octanol–water partition coefficient (Wildman–Crippen LogP) is 14.9. The molecule has 9 aromatic carbocycles. The molecule has 0 unspecified atom stereocenters. The van der Waals surface area contributed by atoms with Gasteiger partial charge in [0.15, 0.2) is 5.58 Å². The molecule has 0 saturated carbocycles. The molecule has 0 saturated heterocycles. The van der Waals surface area contributed by atoms with Crippen LogP contribution >= 0.6 is 0 Å². The highest BCUT2D eigenvalue weighted by Crippen LogP contribution is 2.49. The van der Waals surface area contributed by atoms with Crippen LogP contribution < -0.4 is 20.7 Å². The molecule has 0 N–H and O–H groups in total. The van der Waals surface area contributed by atoms with E-state index in [1.54, 1.807) is 0 Å². The summed E-state index contributed by atoms with van der Waals surface area (Å²) >= 11 is 0. The smallest absolute Gasteiger partial charge is 0.333 e. The molecule has 4 nitrogen and oxygen atoms in total. The zero-order valence-corrected chi connectivity index (χ0v) is 35.9. The van der Waals surface area contributed by atoms with Gasteiger partial charge in [-0.05, 0) is 131 Å². The standard InChI is InChI=1S/C59H44BN3O/c1-3-4-17-39-29-31-42(32-30-39)61(41-18-6-5-7-19-41)43-33-34-53-51(37-43)60-57-50(48-24-14-23-47-45-21-10-12-26-52(45)63(60)58(47)48)35-40(44-20-9-8-16-38(44)2)36-55(57)62(53)54-27-15-25-49-46-22-11-13-28-56(46)64-59(49)54/h5-16,18-37H,3-4,17H2,1-2H3. The molecule has 0 aliphatic carbocycles. The Hall–Kier alpha value is -7.76. The van der Waals surface area contributed by atoms with Crippen LogP contribution in [0.3, 0.4) is 0 Å². The summed E-state index contributed by atoms with van der Waals surface area (Å²) < 4.78 is 9.55. The molecule has 13 rings (SSSR count). The van der Waals surface area contributed by atoms with Crippen molar-refractivity contribution in [3.63, 3.8) is 0 Å². The summed E-state index contributed by atoms with van der Waals surface area (Å²) in [6.07, 6.45) is 3.46. The first-order chi connectivity index (χ1) is 31.6. The Labute approximate surface area is 373 Å². The summed E-state index contributed by atoms with van der Waals surface area (Å²) in [5, 5.41) is 4.78. The minimum Gasteiger partial charge on any atom is -0.454 e. The van der Waals surface area contributed by atoms with E-state index in [4.69, 9.17) is 4.42 Å². The molecule has 0 fully saturated rings. The molecule has 64 heavy (non-hydrogen) atoms. The van der Waals surface area contributed by atoms with E-state index in [1.807, 2.05) is 0 Å². The maximum absolute atomic E-state index is 6.90. The van der Waals surface area contributed by atoms with Crippen LogP contribution in [-0.4, -0.2) is 11.3 Å². The number of benzene rings is 9. The topological polar surface area (TPSA) is 24.6 Å². The van der Waals surface area contributed by atoms with Gasteiger partial charge in [-0.25, -0.2) is 0 Å². The van der Waals surface area contributed by atoms with E-state index in [1.165, 1.54) is 79.0 Å². The van der Waals surface area contributed by atoms with E-state index in [-0.39, 0.29) is 6.85 Å². The van der Waals surface area contributed by atoms with Crippen LogP contribution in [0, 0.1) is 6.92 Å². The van der Waals surface area contributed by atoms with E-state index in [2.05, 4.69) is 222 Å². The van der Waals surface area contributed by atoms with Gasteiger partial charge in [0.1, 0.15) is 5.58 Å². The van der Waals surface area contributed by atoms with E-state index in [0.717, 1.165) is 62.5 Å². The highest BCUT2D eigenvalue weighted by molar-refractivity contribution is 6.90. The number of rotatable bonds is 8. The second kappa shape index (κ2) is 14.4. The molecular weight excluding hydrogens is 777 g/mol. The Balaban J connectivity index is 1.14. The third-order valence-corrected chi connectivity index (χ3v) is 13.9. The molecule has 0 radical (unpaired) electrons.